The van der Waals surface area contributed by atoms with Gasteiger partial charge in [0.25, 0.3) is 5.91 Å². The minimum Gasteiger partial charge on any atom is -0.368 e. The van der Waals surface area contributed by atoms with Gasteiger partial charge in [-0.3, -0.25) is 9.59 Å². The van der Waals surface area contributed by atoms with Crippen LogP contribution in [-0.2, 0) is 17.9 Å². The predicted molar refractivity (Wildman–Crippen MR) is 109 cm³/mol. The average molecular weight is 388 g/mol. The summed E-state index contributed by atoms with van der Waals surface area (Å²) in [6.45, 7) is 5.92. The summed E-state index contributed by atoms with van der Waals surface area (Å²) in [6, 6.07) is 11.3. The van der Waals surface area contributed by atoms with Gasteiger partial charge in [-0.2, -0.15) is 0 Å². The smallest absolute Gasteiger partial charge is 0.251 e. The molecule has 0 fully saturated rings. The molecular weight excluding hydrogens is 362 g/mol. The molecule has 1 heterocycles. The molecule has 0 saturated heterocycles. The van der Waals surface area contributed by atoms with Crippen LogP contribution in [0.5, 0.6) is 0 Å². The van der Waals surface area contributed by atoms with E-state index >= 15 is 0 Å². The average Bonchev–Trinajstić information content (AvgIpc) is 3.07. The summed E-state index contributed by atoms with van der Waals surface area (Å²) in [7, 11) is 0. The van der Waals surface area contributed by atoms with Crippen molar-refractivity contribution in [3.8, 4) is 0 Å². The molecule has 0 aliphatic heterocycles. The second-order valence-electron chi connectivity index (χ2n) is 5.91. The topological polar surface area (TPSA) is 109 Å². The molecule has 0 unspecified atom stereocenters. The SMILES string of the molecule is CCNC(=NCc1ccc(C(=O)NCC(N)=O)cc1)NCc1ccc(C)s1. The minimum absolute atomic E-state index is 0.174. The first-order chi connectivity index (χ1) is 13.0. The Kier molecular flexibility index (Phi) is 7.81. The third kappa shape index (κ3) is 7.10. The van der Waals surface area contributed by atoms with Crippen molar-refractivity contribution in [3.63, 3.8) is 0 Å². The van der Waals surface area contributed by atoms with Crippen LogP contribution in [0, 0.1) is 6.92 Å². The largest absolute Gasteiger partial charge is 0.368 e. The van der Waals surface area contributed by atoms with Crippen LogP contribution in [0.3, 0.4) is 0 Å². The highest BCUT2D eigenvalue weighted by atomic mass is 32.1. The molecule has 8 heteroatoms. The first-order valence-corrected chi connectivity index (χ1v) is 9.52. The lowest BCUT2D eigenvalue weighted by Gasteiger charge is -2.10. The molecule has 5 N–H and O–H groups in total. The Bertz CT molecular complexity index is 799. The van der Waals surface area contributed by atoms with Crippen LogP contribution in [0.15, 0.2) is 41.4 Å². The van der Waals surface area contributed by atoms with Crippen LogP contribution in [0.25, 0.3) is 0 Å². The monoisotopic (exact) mass is 387 g/mol. The highest BCUT2D eigenvalue weighted by Gasteiger charge is 2.06. The minimum atomic E-state index is -0.574. The third-order valence-corrected chi connectivity index (χ3v) is 4.63. The molecule has 0 radical (unpaired) electrons. The maximum absolute atomic E-state index is 11.9. The molecular formula is C19H25N5O2S. The van der Waals surface area contributed by atoms with Crippen LogP contribution in [0.2, 0.25) is 0 Å². The zero-order chi connectivity index (χ0) is 19.6. The fourth-order valence-corrected chi connectivity index (χ4v) is 3.12. The lowest BCUT2D eigenvalue weighted by Crippen LogP contribution is -2.36. The van der Waals surface area contributed by atoms with E-state index in [1.165, 1.54) is 9.75 Å². The molecule has 0 spiro atoms. The third-order valence-electron chi connectivity index (χ3n) is 3.63. The first-order valence-electron chi connectivity index (χ1n) is 8.71. The number of primary amides is 1. The lowest BCUT2D eigenvalue weighted by molar-refractivity contribution is -0.117. The molecule has 0 saturated carbocycles. The number of carbonyl (C=O) groups is 2. The number of aliphatic imine (C=N–C) groups is 1. The second-order valence-corrected chi connectivity index (χ2v) is 7.28. The fraction of sp³-hybridized carbons (Fsp3) is 0.316. The number of benzene rings is 1. The Morgan fingerprint density at radius 3 is 2.41 bits per heavy atom. The molecule has 1 aromatic carbocycles. The van der Waals surface area contributed by atoms with Crippen LogP contribution in [0.1, 0.15) is 32.6 Å². The van der Waals surface area contributed by atoms with Gasteiger partial charge < -0.3 is 21.7 Å². The van der Waals surface area contributed by atoms with E-state index in [4.69, 9.17) is 5.73 Å². The number of nitrogens with one attached hydrogen (secondary N) is 3. The number of guanidine groups is 1. The first kappa shape index (κ1) is 20.4. The molecule has 2 amide bonds. The summed E-state index contributed by atoms with van der Waals surface area (Å²) in [4.78, 5) is 29.7. The van der Waals surface area contributed by atoms with Crippen molar-refractivity contribution in [2.75, 3.05) is 13.1 Å². The molecule has 0 bridgehead atoms. The van der Waals surface area contributed by atoms with Gasteiger partial charge in [-0.1, -0.05) is 12.1 Å². The van der Waals surface area contributed by atoms with E-state index in [1.807, 2.05) is 19.1 Å². The molecule has 2 rings (SSSR count). The number of hydrogen-bond acceptors (Lipinski definition) is 4. The van der Waals surface area contributed by atoms with Crippen molar-refractivity contribution in [2.45, 2.75) is 26.9 Å². The van der Waals surface area contributed by atoms with Gasteiger partial charge in [0.05, 0.1) is 19.6 Å². The highest BCUT2D eigenvalue weighted by Crippen LogP contribution is 2.14. The van der Waals surface area contributed by atoms with Crippen LogP contribution in [0.4, 0.5) is 0 Å². The van der Waals surface area contributed by atoms with E-state index in [1.54, 1.807) is 23.5 Å². The highest BCUT2D eigenvalue weighted by molar-refractivity contribution is 7.11. The van der Waals surface area contributed by atoms with E-state index in [0.29, 0.717) is 12.1 Å². The Hall–Kier alpha value is -2.87. The maximum Gasteiger partial charge on any atom is 0.251 e. The summed E-state index contributed by atoms with van der Waals surface area (Å²) < 4.78 is 0. The van der Waals surface area contributed by atoms with Crippen molar-refractivity contribution < 1.29 is 9.59 Å². The molecule has 0 aliphatic rings. The van der Waals surface area contributed by atoms with E-state index in [-0.39, 0.29) is 12.5 Å². The van der Waals surface area contributed by atoms with Gasteiger partial charge in [-0.15, -0.1) is 11.3 Å². The molecule has 0 atom stereocenters. The van der Waals surface area contributed by atoms with E-state index in [0.717, 1.165) is 24.6 Å². The summed E-state index contributed by atoms with van der Waals surface area (Å²) in [6.07, 6.45) is 0. The number of thiophene rings is 1. The van der Waals surface area contributed by atoms with Crippen LogP contribution >= 0.6 is 11.3 Å². The number of rotatable bonds is 8. The van der Waals surface area contributed by atoms with Gasteiger partial charge in [0, 0.05) is 21.9 Å². The Morgan fingerprint density at radius 1 is 1.07 bits per heavy atom. The Balaban J connectivity index is 1.92. The Morgan fingerprint density at radius 2 is 1.81 bits per heavy atom. The van der Waals surface area contributed by atoms with Crippen molar-refractivity contribution in [1.82, 2.24) is 16.0 Å². The molecule has 1 aromatic heterocycles. The normalized spacial score (nSPS) is 11.1. The number of nitrogens with zero attached hydrogens (tertiary/aromatic N) is 1. The van der Waals surface area contributed by atoms with Crippen molar-refractivity contribution in [2.24, 2.45) is 10.7 Å². The predicted octanol–water partition coefficient (Wildman–Crippen LogP) is 1.53. The number of aryl methyl sites for hydroxylation is 1. The van der Waals surface area contributed by atoms with Gasteiger partial charge >= 0.3 is 0 Å². The summed E-state index contributed by atoms with van der Waals surface area (Å²) in [5, 5.41) is 9.00. The number of hydrogen-bond donors (Lipinski definition) is 4. The molecule has 7 nitrogen and oxygen atoms in total. The summed E-state index contributed by atoms with van der Waals surface area (Å²) in [5.74, 6) is -0.160. The molecule has 144 valence electrons. The number of nitrogens with two attached hydrogens (primary N) is 1. The number of amides is 2. The maximum atomic E-state index is 11.9. The molecule has 2 aromatic rings. The standard InChI is InChI=1S/C19H25N5O2S/c1-3-21-19(24-11-16-9-4-13(2)27-16)23-10-14-5-7-15(8-6-14)18(26)22-12-17(20)25/h4-9H,3,10-12H2,1-2H3,(H2,20,25)(H,22,26)(H2,21,23,24). The number of carbonyl (C=O) groups excluding carboxylic acids is 2. The van der Waals surface area contributed by atoms with Crippen molar-refractivity contribution >= 4 is 29.1 Å². The van der Waals surface area contributed by atoms with Crippen LogP contribution in [-0.4, -0.2) is 30.9 Å². The van der Waals surface area contributed by atoms with Gasteiger partial charge in [-0.05, 0) is 43.7 Å². The van der Waals surface area contributed by atoms with E-state index in [2.05, 4.69) is 40.0 Å². The molecule has 27 heavy (non-hydrogen) atoms. The van der Waals surface area contributed by atoms with Crippen molar-refractivity contribution in [3.05, 3.63) is 57.3 Å². The summed E-state index contributed by atoms with van der Waals surface area (Å²) in [5.41, 5.74) is 6.47. The molecule has 0 aliphatic carbocycles. The lowest BCUT2D eigenvalue weighted by atomic mass is 10.1. The van der Waals surface area contributed by atoms with Crippen LogP contribution < -0.4 is 21.7 Å². The van der Waals surface area contributed by atoms with Gasteiger partial charge in [0.1, 0.15) is 0 Å². The summed E-state index contributed by atoms with van der Waals surface area (Å²) >= 11 is 1.76. The van der Waals surface area contributed by atoms with E-state index in [9.17, 15) is 9.59 Å². The van der Waals surface area contributed by atoms with E-state index < -0.39 is 5.91 Å². The fourth-order valence-electron chi connectivity index (χ4n) is 2.29. The second kappa shape index (κ2) is 10.3. The van der Waals surface area contributed by atoms with Crippen molar-refractivity contribution in [1.29, 1.82) is 0 Å². The quantitative estimate of drug-likeness (QED) is 0.407. The zero-order valence-electron chi connectivity index (χ0n) is 15.5. The van der Waals surface area contributed by atoms with Gasteiger partial charge in [-0.25, -0.2) is 4.99 Å². The zero-order valence-corrected chi connectivity index (χ0v) is 16.4. The van der Waals surface area contributed by atoms with Gasteiger partial charge in [0.2, 0.25) is 5.91 Å². The van der Waals surface area contributed by atoms with Gasteiger partial charge in [0.15, 0.2) is 5.96 Å². The Labute approximate surface area is 163 Å².